The molecule has 1 aliphatic rings. The lowest BCUT2D eigenvalue weighted by Gasteiger charge is -2.18. The van der Waals surface area contributed by atoms with Crippen molar-refractivity contribution in [2.75, 3.05) is 79.3 Å². The van der Waals surface area contributed by atoms with Crippen molar-refractivity contribution in [2.24, 2.45) is 0 Å². The van der Waals surface area contributed by atoms with Gasteiger partial charge in [0.05, 0.1) is 75.1 Å². The van der Waals surface area contributed by atoms with Crippen LogP contribution in [0.5, 0.6) is 23.0 Å². The van der Waals surface area contributed by atoms with Gasteiger partial charge in [0.2, 0.25) is 0 Å². The summed E-state index contributed by atoms with van der Waals surface area (Å²) in [4.78, 5) is 55.5. The van der Waals surface area contributed by atoms with Crippen LogP contribution in [-0.4, -0.2) is 103 Å². The number of fused-ring (bicyclic) bond motifs is 2. The molecule has 0 atom stereocenters. The van der Waals surface area contributed by atoms with Crippen molar-refractivity contribution < 1.29 is 66.5 Å². The first kappa shape index (κ1) is 75.7. The second-order valence-corrected chi connectivity index (χ2v) is 23.6. The second kappa shape index (κ2) is 53.5. The second-order valence-electron chi connectivity index (χ2n) is 23.6. The van der Waals surface area contributed by atoms with E-state index in [-0.39, 0.29) is 125 Å². The predicted octanol–water partition coefficient (Wildman–Crippen LogP) is 19.3. The van der Waals surface area contributed by atoms with Crippen LogP contribution in [-0.2, 0) is 28.4 Å². The van der Waals surface area contributed by atoms with Gasteiger partial charge in [0.25, 0.3) is 0 Å². The molecule has 0 saturated carbocycles. The zero-order valence-corrected chi connectivity index (χ0v) is 54.8. The quantitative estimate of drug-likeness (QED) is 0.0350. The summed E-state index contributed by atoms with van der Waals surface area (Å²) in [7, 11) is 0. The predicted molar refractivity (Wildman–Crippen MR) is 345 cm³/mol. The van der Waals surface area contributed by atoms with Crippen LogP contribution in [0.15, 0.2) is 24.3 Å². The number of unbranched alkanes of at least 4 members (excludes halogenated alkanes) is 36. The standard InChI is InChI=1S/C72H120O14/c1-5-9-13-17-21-25-29-33-37-41-45-83-69(73)61-57-65-66(58-62(61)70(74)84-46-42-38-34-30-26-22-18-14-10-6-2)80-54-50-78-52-56-82-68-60-64(72(76)86-48-44-40-36-32-28-24-20-16-12-8-4)63(59-67(68)81-55-51-77-49-53-79-65)71(75)85-47-43-39-35-31-27-23-19-15-11-7-3/h57-60H,5-56H2,1-4H3. The molecule has 1 aliphatic heterocycles. The summed E-state index contributed by atoms with van der Waals surface area (Å²) in [6.07, 6.45) is 46.2. The minimum absolute atomic E-state index is 0.0450. The van der Waals surface area contributed by atoms with Crippen molar-refractivity contribution in [3.63, 3.8) is 0 Å². The van der Waals surface area contributed by atoms with Crippen molar-refractivity contribution in [2.45, 2.75) is 285 Å². The van der Waals surface area contributed by atoms with E-state index in [1.807, 2.05) is 0 Å². The average molecular weight is 1210 g/mol. The molecule has 14 heteroatoms. The van der Waals surface area contributed by atoms with Gasteiger partial charge in [-0.1, -0.05) is 259 Å². The molecule has 0 unspecified atom stereocenters. The molecule has 0 N–H and O–H groups in total. The Hall–Kier alpha value is -4.56. The van der Waals surface area contributed by atoms with E-state index in [0.29, 0.717) is 0 Å². The van der Waals surface area contributed by atoms with Gasteiger partial charge in [-0.15, -0.1) is 0 Å². The van der Waals surface area contributed by atoms with E-state index in [2.05, 4.69) is 27.7 Å². The topological polar surface area (TPSA) is 161 Å². The van der Waals surface area contributed by atoms with Gasteiger partial charge in [0, 0.05) is 0 Å². The van der Waals surface area contributed by atoms with Crippen molar-refractivity contribution in [1.29, 1.82) is 0 Å². The molecule has 0 aliphatic carbocycles. The lowest BCUT2D eigenvalue weighted by atomic mass is 10.1. The Morgan fingerprint density at radius 2 is 0.419 bits per heavy atom. The van der Waals surface area contributed by atoms with Gasteiger partial charge in [0.15, 0.2) is 23.0 Å². The van der Waals surface area contributed by atoms with Crippen LogP contribution in [0.1, 0.15) is 326 Å². The van der Waals surface area contributed by atoms with Crippen LogP contribution in [0.3, 0.4) is 0 Å². The molecule has 2 aromatic rings. The number of hydrogen-bond acceptors (Lipinski definition) is 14. The van der Waals surface area contributed by atoms with Gasteiger partial charge in [-0.2, -0.15) is 0 Å². The fourth-order valence-electron chi connectivity index (χ4n) is 10.6. The summed E-state index contributed by atoms with van der Waals surface area (Å²) in [5, 5.41) is 0. The molecule has 492 valence electrons. The van der Waals surface area contributed by atoms with Crippen molar-refractivity contribution in [3.8, 4) is 23.0 Å². The maximum absolute atomic E-state index is 13.9. The molecule has 0 saturated heterocycles. The monoisotopic (exact) mass is 1210 g/mol. The normalized spacial score (nSPS) is 13.2. The van der Waals surface area contributed by atoms with Gasteiger partial charge >= 0.3 is 23.9 Å². The Morgan fingerprint density at radius 1 is 0.256 bits per heavy atom. The first-order valence-electron chi connectivity index (χ1n) is 35.1. The lowest BCUT2D eigenvalue weighted by Crippen LogP contribution is -2.19. The largest absolute Gasteiger partial charge is 0.487 e. The Balaban J connectivity index is 1.72. The van der Waals surface area contributed by atoms with Gasteiger partial charge < -0.3 is 47.4 Å². The molecule has 1 heterocycles. The fraction of sp³-hybridized carbons (Fsp3) is 0.778. The molecule has 0 radical (unpaired) electrons. The summed E-state index contributed by atoms with van der Waals surface area (Å²) < 4.78 is 60.0. The Bertz CT molecular complexity index is 1740. The van der Waals surface area contributed by atoms with Gasteiger partial charge in [-0.05, 0) is 49.9 Å². The number of carbonyl (C=O) groups is 4. The number of esters is 4. The van der Waals surface area contributed by atoms with Crippen molar-refractivity contribution >= 4 is 23.9 Å². The van der Waals surface area contributed by atoms with E-state index in [4.69, 9.17) is 47.4 Å². The van der Waals surface area contributed by atoms with Crippen molar-refractivity contribution in [3.05, 3.63) is 46.5 Å². The van der Waals surface area contributed by atoms with Crippen molar-refractivity contribution in [1.82, 2.24) is 0 Å². The van der Waals surface area contributed by atoms with Gasteiger partial charge in [-0.25, -0.2) is 19.2 Å². The molecule has 86 heavy (non-hydrogen) atoms. The Kier molecular flexibility index (Phi) is 47.1. The van der Waals surface area contributed by atoms with E-state index in [1.54, 1.807) is 0 Å². The van der Waals surface area contributed by atoms with Gasteiger partial charge in [0.1, 0.15) is 26.4 Å². The van der Waals surface area contributed by atoms with E-state index in [1.165, 1.54) is 204 Å². The third-order valence-corrected chi connectivity index (χ3v) is 15.9. The molecule has 2 aromatic carbocycles. The van der Waals surface area contributed by atoms with Crippen LogP contribution in [0, 0.1) is 0 Å². The van der Waals surface area contributed by atoms with Crippen LogP contribution in [0.2, 0.25) is 0 Å². The first-order chi connectivity index (χ1) is 42.3. The summed E-state index contributed by atoms with van der Waals surface area (Å²) in [5.41, 5.74) is 0.180. The number of benzene rings is 2. The average Bonchev–Trinajstić information content (AvgIpc) is 2.20. The third-order valence-electron chi connectivity index (χ3n) is 15.9. The minimum Gasteiger partial charge on any atom is -0.487 e. The molecule has 0 amide bonds. The molecule has 0 spiro atoms. The SMILES string of the molecule is CCCCCCCCCCCCOC(=O)c1cc2c(cc1C(=O)OCCCCCCCCCCCC)OCCOCCOc1cc(C(=O)OCCCCCCCCCCCC)c(C(=O)OCCCCCCCCCCCC)cc1OCCOCCO2. The van der Waals surface area contributed by atoms with Gasteiger partial charge in [-0.3, -0.25) is 0 Å². The highest BCUT2D eigenvalue weighted by Gasteiger charge is 2.27. The summed E-state index contributed by atoms with van der Waals surface area (Å²) in [5.74, 6) is -1.56. The minimum atomic E-state index is -0.631. The highest BCUT2D eigenvalue weighted by atomic mass is 16.6. The van der Waals surface area contributed by atoms with E-state index < -0.39 is 23.9 Å². The van der Waals surface area contributed by atoms with Crippen LogP contribution < -0.4 is 18.9 Å². The molecule has 0 bridgehead atoms. The highest BCUT2D eigenvalue weighted by Crippen LogP contribution is 2.35. The maximum atomic E-state index is 13.9. The molecular weight excluding hydrogens is 1090 g/mol. The fourth-order valence-corrected chi connectivity index (χ4v) is 10.6. The summed E-state index contributed by atoms with van der Waals surface area (Å²) in [6, 6.07) is 6.01. The Labute approximate surface area is 521 Å². The smallest absolute Gasteiger partial charge is 0.339 e. The number of carbonyl (C=O) groups excluding carboxylic acids is 4. The zero-order chi connectivity index (χ0) is 61.6. The number of hydrogen-bond donors (Lipinski definition) is 0. The van der Waals surface area contributed by atoms with E-state index in [0.717, 1.165) is 77.0 Å². The summed E-state index contributed by atoms with van der Waals surface area (Å²) in [6.45, 7) is 10.7. The molecule has 14 nitrogen and oxygen atoms in total. The highest BCUT2D eigenvalue weighted by molar-refractivity contribution is 6.05. The lowest BCUT2D eigenvalue weighted by molar-refractivity contribution is 0.0445. The number of ether oxygens (including phenoxy) is 10. The zero-order valence-electron chi connectivity index (χ0n) is 54.8. The molecule has 0 aromatic heterocycles. The number of rotatable bonds is 48. The molecule has 0 fully saturated rings. The third kappa shape index (κ3) is 36.7. The van der Waals surface area contributed by atoms with Crippen LogP contribution >= 0.6 is 0 Å². The molecular formula is C72H120O14. The van der Waals surface area contributed by atoms with Crippen LogP contribution in [0.4, 0.5) is 0 Å². The van der Waals surface area contributed by atoms with E-state index >= 15 is 0 Å². The first-order valence-corrected chi connectivity index (χ1v) is 35.1. The van der Waals surface area contributed by atoms with E-state index in [9.17, 15) is 19.2 Å². The molecule has 3 rings (SSSR count). The van der Waals surface area contributed by atoms with Crippen LogP contribution in [0.25, 0.3) is 0 Å². The maximum Gasteiger partial charge on any atom is 0.339 e. The Morgan fingerprint density at radius 3 is 0.593 bits per heavy atom. The summed E-state index contributed by atoms with van der Waals surface area (Å²) >= 11 is 0.